The smallest absolute Gasteiger partial charge is 0.140 e. The Balaban J connectivity index is 2.52. The van der Waals surface area contributed by atoms with E-state index in [1.54, 1.807) is 0 Å². The van der Waals surface area contributed by atoms with E-state index in [9.17, 15) is 0 Å². The minimum atomic E-state index is 0.327. The van der Waals surface area contributed by atoms with Gasteiger partial charge in [0.05, 0.1) is 0 Å². The summed E-state index contributed by atoms with van der Waals surface area (Å²) in [5, 5.41) is 3.28. The summed E-state index contributed by atoms with van der Waals surface area (Å²) in [7, 11) is 1.98. The van der Waals surface area contributed by atoms with Crippen molar-refractivity contribution in [1.82, 2.24) is 14.9 Å². The third-order valence-corrected chi connectivity index (χ3v) is 3.16. The molecule has 17 heavy (non-hydrogen) atoms. The molecule has 90 valence electrons. The largest absolute Gasteiger partial charge is 0.331 e. The summed E-state index contributed by atoms with van der Waals surface area (Å²) in [4.78, 5) is 4.47. The summed E-state index contributed by atoms with van der Waals surface area (Å²) >= 11 is 0. The summed E-state index contributed by atoms with van der Waals surface area (Å²) < 4.78 is 2.17. The van der Waals surface area contributed by atoms with E-state index in [2.05, 4.69) is 53.0 Å². The van der Waals surface area contributed by atoms with Gasteiger partial charge in [0.25, 0.3) is 0 Å². The second-order valence-corrected chi connectivity index (χ2v) is 4.13. The first-order valence-corrected chi connectivity index (χ1v) is 6.05. The van der Waals surface area contributed by atoms with Gasteiger partial charge in [0.1, 0.15) is 5.82 Å². The van der Waals surface area contributed by atoms with E-state index in [0.717, 1.165) is 12.4 Å². The molecule has 0 aliphatic rings. The molecule has 0 aliphatic carbocycles. The van der Waals surface area contributed by atoms with E-state index in [1.807, 2.05) is 19.4 Å². The molecule has 2 aromatic rings. The molecule has 1 aromatic carbocycles. The number of hydrogen-bond donors (Lipinski definition) is 1. The number of imidazole rings is 1. The van der Waals surface area contributed by atoms with Gasteiger partial charge in [-0.1, -0.05) is 24.3 Å². The highest BCUT2D eigenvalue weighted by atomic mass is 15.1. The SMILES string of the molecule is CCn1ccnc1-c1ccccc1C(C)NC. The lowest BCUT2D eigenvalue weighted by Crippen LogP contribution is -2.14. The van der Waals surface area contributed by atoms with Crippen molar-refractivity contribution in [3.05, 3.63) is 42.2 Å². The molecular formula is C14H19N3. The molecule has 0 fully saturated rings. The average molecular weight is 229 g/mol. The fourth-order valence-electron chi connectivity index (χ4n) is 2.04. The Morgan fingerprint density at radius 3 is 2.82 bits per heavy atom. The first-order chi connectivity index (χ1) is 8.27. The summed E-state index contributed by atoms with van der Waals surface area (Å²) in [6, 6.07) is 8.76. The summed E-state index contributed by atoms with van der Waals surface area (Å²) in [5.74, 6) is 1.05. The van der Waals surface area contributed by atoms with Gasteiger partial charge in [0.2, 0.25) is 0 Å². The van der Waals surface area contributed by atoms with Gasteiger partial charge >= 0.3 is 0 Å². The predicted molar refractivity (Wildman–Crippen MR) is 70.8 cm³/mol. The van der Waals surface area contributed by atoms with Gasteiger partial charge in [-0.2, -0.15) is 0 Å². The Morgan fingerprint density at radius 2 is 2.12 bits per heavy atom. The van der Waals surface area contributed by atoms with Crippen molar-refractivity contribution >= 4 is 0 Å². The first-order valence-electron chi connectivity index (χ1n) is 6.05. The van der Waals surface area contributed by atoms with Crippen LogP contribution in [-0.2, 0) is 6.54 Å². The molecule has 0 saturated heterocycles. The zero-order valence-corrected chi connectivity index (χ0v) is 10.6. The molecule has 0 amide bonds. The Morgan fingerprint density at radius 1 is 1.35 bits per heavy atom. The zero-order chi connectivity index (χ0) is 12.3. The Bertz CT molecular complexity index is 488. The van der Waals surface area contributed by atoms with E-state index in [0.29, 0.717) is 6.04 Å². The van der Waals surface area contributed by atoms with Crippen LogP contribution in [0, 0.1) is 0 Å². The second-order valence-electron chi connectivity index (χ2n) is 4.13. The van der Waals surface area contributed by atoms with Crippen molar-refractivity contribution in [3.8, 4) is 11.4 Å². The van der Waals surface area contributed by atoms with Crippen molar-refractivity contribution in [2.75, 3.05) is 7.05 Å². The van der Waals surface area contributed by atoms with Gasteiger partial charge in [0.15, 0.2) is 0 Å². The molecule has 1 atom stereocenters. The van der Waals surface area contributed by atoms with Gasteiger partial charge in [-0.05, 0) is 26.5 Å². The van der Waals surface area contributed by atoms with Crippen molar-refractivity contribution < 1.29 is 0 Å². The zero-order valence-electron chi connectivity index (χ0n) is 10.6. The lowest BCUT2D eigenvalue weighted by molar-refractivity contribution is 0.652. The summed E-state index contributed by atoms with van der Waals surface area (Å²) in [6.45, 7) is 5.24. The van der Waals surface area contributed by atoms with Gasteiger partial charge in [-0.3, -0.25) is 0 Å². The quantitative estimate of drug-likeness (QED) is 0.873. The number of aryl methyl sites for hydroxylation is 1. The van der Waals surface area contributed by atoms with E-state index >= 15 is 0 Å². The van der Waals surface area contributed by atoms with E-state index in [4.69, 9.17) is 0 Å². The second kappa shape index (κ2) is 5.15. The summed E-state index contributed by atoms with van der Waals surface area (Å²) in [5.41, 5.74) is 2.50. The van der Waals surface area contributed by atoms with Crippen LogP contribution in [-0.4, -0.2) is 16.6 Å². The molecule has 3 heteroatoms. The topological polar surface area (TPSA) is 29.9 Å². The lowest BCUT2D eigenvalue weighted by Gasteiger charge is -2.16. The predicted octanol–water partition coefficient (Wildman–Crippen LogP) is 2.85. The normalized spacial score (nSPS) is 12.6. The highest BCUT2D eigenvalue weighted by Crippen LogP contribution is 2.26. The molecule has 1 unspecified atom stereocenters. The van der Waals surface area contributed by atoms with Crippen LogP contribution in [0.4, 0.5) is 0 Å². The standard InChI is InChI=1S/C14H19N3/c1-4-17-10-9-16-14(17)13-8-6-5-7-12(13)11(2)15-3/h5-11,15H,4H2,1-3H3. The Labute approximate surface area is 103 Å². The maximum absolute atomic E-state index is 4.47. The fourth-order valence-corrected chi connectivity index (χ4v) is 2.04. The van der Waals surface area contributed by atoms with Crippen molar-refractivity contribution in [1.29, 1.82) is 0 Å². The number of nitrogens with one attached hydrogen (secondary N) is 1. The van der Waals surface area contributed by atoms with Crippen LogP contribution in [0.3, 0.4) is 0 Å². The van der Waals surface area contributed by atoms with Crippen LogP contribution in [0.2, 0.25) is 0 Å². The minimum absolute atomic E-state index is 0.327. The van der Waals surface area contributed by atoms with Crippen molar-refractivity contribution in [2.45, 2.75) is 26.4 Å². The van der Waals surface area contributed by atoms with Crippen molar-refractivity contribution in [2.24, 2.45) is 0 Å². The molecule has 0 aliphatic heterocycles. The van der Waals surface area contributed by atoms with Crippen LogP contribution in [0.1, 0.15) is 25.5 Å². The molecule has 2 rings (SSSR count). The fraction of sp³-hybridized carbons (Fsp3) is 0.357. The van der Waals surface area contributed by atoms with Gasteiger partial charge in [-0.15, -0.1) is 0 Å². The molecule has 1 heterocycles. The van der Waals surface area contributed by atoms with Gasteiger partial charge < -0.3 is 9.88 Å². The molecule has 1 N–H and O–H groups in total. The highest BCUT2D eigenvalue weighted by Gasteiger charge is 2.13. The number of nitrogens with zero attached hydrogens (tertiary/aromatic N) is 2. The molecule has 3 nitrogen and oxygen atoms in total. The molecule has 0 radical (unpaired) electrons. The van der Waals surface area contributed by atoms with Crippen LogP contribution < -0.4 is 5.32 Å². The first kappa shape index (κ1) is 11.9. The maximum atomic E-state index is 4.47. The van der Waals surface area contributed by atoms with E-state index in [-0.39, 0.29) is 0 Å². The molecular weight excluding hydrogens is 210 g/mol. The van der Waals surface area contributed by atoms with E-state index < -0.39 is 0 Å². The number of aromatic nitrogens is 2. The number of benzene rings is 1. The number of hydrogen-bond acceptors (Lipinski definition) is 2. The Kier molecular flexibility index (Phi) is 3.59. The van der Waals surface area contributed by atoms with Gasteiger partial charge in [0, 0.05) is 30.5 Å². The average Bonchev–Trinajstić information content (AvgIpc) is 2.86. The molecule has 0 bridgehead atoms. The van der Waals surface area contributed by atoms with Crippen LogP contribution in [0.15, 0.2) is 36.7 Å². The van der Waals surface area contributed by atoms with Gasteiger partial charge in [-0.25, -0.2) is 4.98 Å². The monoisotopic (exact) mass is 229 g/mol. The third-order valence-electron chi connectivity index (χ3n) is 3.16. The van der Waals surface area contributed by atoms with Crippen LogP contribution in [0.25, 0.3) is 11.4 Å². The van der Waals surface area contributed by atoms with Crippen LogP contribution in [0.5, 0.6) is 0 Å². The maximum Gasteiger partial charge on any atom is 0.140 e. The van der Waals surface area contributed by atoms with E-state index in [1.165, 1.54) is 11.1 Å². The molecule has 0 spiro atoms. The Hall–Kier alpha value is -1.61. The number of rotatable bonds is 4. The van der Waals surface area contributed by atoms with Crippen molar-refractivity contribution in [3.63, 3.8) is 0 Å². The molecule has 1 aromatic heterocycles. The van der Waals surface area contributed by atoms with Crippen LogP contribution >= 0.6 is 0 Å². The lowest BCUT2D eigenvalue weighted by atomic mass is 10.0. The molecule has 0 saturated carbocycles. The minimum Gasteiger partial charge on any atom is -0.331 e. The summed E-state index contributed by atoms with van der Waals surface area (Å²) in [6.07, 6.45) is 3.88. The third kappa shape index (κ3) is 2.24. The highest BCUT2D eigenvalue weighted by molar-refractivity contribution is 5.61.